The number of aromatic nitrogens is 6. The first-order valence-corrected chi connectivity index (χ1v) is 8.77. The van der Waals surface area contributed by atoms with Crippen LogP contribution in [0.1, 0.15) is 57.5 Å². The number of nitrogens with one attached hydrogen (secondary N) is 2. The van der Waals surface area contributed by atoms with E-state index in [4.69, 9.17) is 0 Å². The number of hydrogen-bond acceptors (Lipinski definition) is 4. The zero-order valence-corrected chi connectivity index (χ0v) is 15.0. The number of fused-ring (bicyclic) bond motifs is 2. The summed E-state index contributed by atoms with van der Waals surface area (Å²) in [5, 5.41) is 0. The molecule has 4 aromatic rings. The van der Waals surface area contributed by atoms with Gasteiger partial charge in [-0.05, 0) is 30.5 Å². The Hall–Kier alpha value is -2.76. The van der Waals surface area contributed by atoms with E-state index in [2.05, 4.69) is 57.6 Å². The Morgan fingerprint density at radius 1 is 0.960 bits per heavy atom. The van der Waals surface area contributed by atoms with E-state index in [1.54, 1.807) is 0 Å². The average molecular weight is 334 g/mol. The molecule has 4 rings (SSSR count). The van der Waals surface area contributed by atoms with E-state index in [0.29, 0.717) is 23.1 Å². The number of aromatic amines is 2. The highest BCUT2D eigenvalue weighted by Crippen LogP contribution is 2.24. The predicted octanol–water partition coefficient (Wildman–Crippen LogP) is 4.53. The second-order valence-electron chi connectivity index (χ2n) is 6.87. The average Bonchev–Trinajstić information content (AvgIpc) is 3.21. The van der Waals surface area contributed by atoms with Crippen molar-refractivity contribution in [2.24, 2.45) is 0 Å². The molecular formula is C19H22N6. The number of hydrogen-bond donors (Lipinski definition) is 2. The second kappa shape index (κ2) is 5.95. The third-order valence-corrected chi connectivity index (χ3v) is 4.67. The summed E-state index contributed by atoms with van der Waals surface area (Å²) in [6.07, 6.45) is 2.90. The first-order valence-electron chi connectivity index (χ1n) is 8.77. The minimum absolute atomic E-state index is 0.390. The van der Waals surface area contributed by atoms with Crippen LogP contribution in [0.15, 0.2) is 24.4 Å². The lowest BCUT2D eigenvalue weighted by Crippen LogP contribution is -1.93. The van der Waals surface area contributed by atoms with Gasteiger partial charge in [-0.3, -0.25) is 4.98 Å². The summed E-state index contributed by atoms with van der Waals surface area (Å²) in [5.41, 5.74) is 5.26. The fraction of sp³-hybridized carbons (Fsp3) is 0.368. The highest BCUT2D eigenvalue weighted by Gasteiger charge is 2.13. The van der Waals surface area contributed by atoms with Crippen molar-refractivity contribution in [3.8, 4) is 11.4 Å². The lowest BCUT2D eigenvalue weighted by Gasteiger charge is -2.03. The van der Waals surface area contributed by atoms with Gasteiger partial charge in [0.15, 0.2) is 11.3 Å². The van der Waals surface area contributed by atoms with E-state index in [1.165, 1.54) is 0 Å². The number of H-pyrrole nitrogens is 2. The van der Waals surface area contributed by atoms with E-state index in [0.717, 1.165) is 40.4 Å². The summed E-state index contributed by atoms with van der Waals surface area (Å²) in [6, 6.07) is 6.12. The SMILES string of the molecule is CCC(C)c1nc2nc3nc(-c4ccc(C(C)C)nc4)[nH]c3cc2[nH]1. The molecule has 0 aliphatic rings. The fourth-order valence-corrected chi connectivity index (χ4v) is 2.84. The summed E-state index contributed by atoms with van der Waals surface area (Å²) < 4.78 is 0. The molecule has 25 heavy (non-hydrogen) atoms. The van der Waals surface area contributed by atoms with Gasteiger partial charge in [0, 0.05) is 23.4 Å². The highest BCUT2D eigenvalue weighted by atomic mass is 15.1. The molecule has 6 nitrogen and oxygen atoms in total. The molecule has 4 heterocycles. The van der Waals surface area contributed by atoms with Gasteiger partial charge in [-0.25, -0.2) is 15.0 Å². The maximum atomic E-state index is 4.62. The molecule has 4 aromatic heterocycles. The van der Waals surface area contributed by atoms with Gasteiger partial charge in [0.1, 0.15) is 11.6 Å². The topological polar surface area (TPSA) is 83.1 Å². The van der Waals surface area contributed by atoms with Crippen LogP contribution >= 0.6 is 0 Å². The number of rotatable bonds is 4. The van der Waals surface area contributed by atoms with Gasteiger partial charge in [0.05, 0.1) is 11.0 Å². The molecular weight excluding hydrogens is 312 g/mol. The van der Waals surface area contributed by atoms with Crippen LogP contribution in [0.25, 0.3) is 33.7 Å². The van der Waals surface area contributed by atoms with Crippen molar-refractivity contribution in [2.45, 2.75) is 46.0 Å². The molecule has 0 spiro atoms. The van der Waals surface area contributed by atoms with Gasteiger partial charge >= 0.3 is 0 Å². The van der Waals surface area contributed by atoms with Crippen LogP contribution in [0.3, 0.4) is 0 Å². The maximum absolute atomic E-state index is 4.62. The first-order chi connectivity index (χ1) is 12.0. The van der Waals surface area contributed by atoms with Crippen molar-refractivity contribution in [1.29, 1.82) is 0 Å². The van der Waals surface area contributed by atoms with Crippen molar-refractivity contribution in [3.05, 3.63) is 35.9 Å². The van der Waals surface area contributed by atoms with Gasteiger partial charge in [0.25, 0.3) is 0 Å². The van der Waals surface area contributed by atoms with E-state index >= 15 is 0 Å². The monoisotopic (exact) mass is 334 g/mol. The summed E-state index contributed by atoms with van der Waals surface area (Å²) in [4.78, 5) is 25.1. The van der Waals surface area contributed by atoms with Crippen molar-refractivity contribution in [1.82, 2.24) is 29.9 Å². The van der Waals surface area contributed by atoms with E-state index in [1.807, 2.05) is 24.4 Å². The van der Waals surface area contributed by atoms with Gasteiger partial charge in [-0.2, -0.15) is 0 Å². The minimum Gasteiger partial charge on any atom is -0.340 e. The third kappa shape index (κ3) is 2.77. The summed E-state index contributed by atoms with van der Waals surface area (Å²) >= 11 is 0. The van der Waals surface area contributed by atoms with Crippen LogP contribution in [0.4, 0.5) is 0 Å². The molecule has 0 aliphatic carbocycles. The van der Waals surface area contributed by atoms with Crippen LogP contribution in [0, 0.1) is 0 Å². The molecule has 0 saturated carbocycles. The molecule has 6 heteroatoms. The molecule has 0 aliphatic heterocycles. The Bertz CT molecular complexity index is 974. The molecule has 0 saturated heterocycles. The quantitative estimate of drug-likeness (QED) is 0.574. The molecule has 0 aromatic carbocycles. The van der Waals surface area contributed by atoms with Gasteiger partial charge < -0.3 is 9.97 Å². The Labute approximate surface area is 146 Å². The van der Waals surface area contributed by atoms with E-state index in [-0.39, 0.29) is 0 Å². The first kappa shape index (κ1) is 15.7. The van der Waals surface area contributed by atoms with Gasteiger partial charge in [-0.15, -0.1) is 0 Å². The lowest BCUT2D eigenvalue weighted by molar-refractivity contribution is 0.691. The summed E-state index contributed by atoms with van der Waals surface area (Å²) in [5.74, 6) is 2.56. The Morgan fingerprint density at radius 2 is 1.72 bits per heavy atom. The molecule has 2 N–H and O–H groups in total. The molecule has 128 valence electrons. The number of nitrogens with zero attached hydrogens (tertiary/aromatic N) is 4. The largest absolute Gasteiger partial charge is 0.340 e. The molecule has 1 atom stereocenters. The fourth-order valence-electron chi connectivity index (χ4n) is 2.84. The summed E-state index contributed by atoms with van der Waals surface area (Å²) in [7, 11) is 0. The predicted molar refractivity (Wildman–Crippen MR) is 99.6 cm³/mol. The van der Waals surface area contributed by atoms with Gasteiger partial charge in [0.2, 0.25) is 0 Å². The third-order valence-electron chi connectivity index (χ3n) is 4.67. The lowest BCUT2D eigenvalue weighted by atomic mass is 10.1. The van der Waals surface area contributed by atoms with E-state index < -0.39 is 0 Å². The van der Waals surface area contributed by atoms with Crippen molar-refractivity contribution in [2.75, 3.05) is 0 Å². The van der Waals surface area contributed by atoms with Crippen molar-refractivity contribution < 1.29 is 0 Å². The number of imidazole rings is 2. The smallest absolute Gasteiger partial charge is 0.180 e. The second-order valence-corrected chi connectivity index (χ2v) is 6.87. The summed E-state index contributed by atoms with van der Waals surface area (Å²) in [6.45, 7) is 8.58. The van der Waals surface area contributed by atoms with Crippen LogP contribution in [-0.4, -0.2) is 29.9 Å². The molecule has 1 unspecified atom stereocenters. The van der Waals surface area contributed by atoms with Gasteiger partial charge in [-0.1, -0.05) is 27.7 Å². The number of pyridine rings is 2. The molecule has 0 bridgehead atoms. The zero-order valence-electron chi connectivity index (χ0n) is 15.0. The molecule has 0 amide bonds. The van der Waals surface area contributed by atoms with Crippen molar-refractivity contribution >= 4 is 22.3 Å². The van der Waals surface area contributed by atoms with Crippen LogP contribution in [-0.2, 0) is 0 Å². The molecule has 0 fully saturated rings. The Morgan fingerprint density at radius 3 is 2.40 bits per heavy atom. The van der Waals surface area contributed by atoms with Crippen LogP contribution in [0.2, 0.25) is 0 Å². The Kier molecular flexibility index (Phi) is 3.75. The van der Waals surface area contributed by atoms with Crippen LogP contribution in [0.5, 0.6) is 0 Å². The van der Waals surface area contributed by atoms with Crippen LogP contribution < -0.4 is 0 Å². The Balaban J connectivity index is 1.75. The highest BCUT2D eigenvalue weighted by molar-refractivity contribution is 5.87. The standard InChI is InChI=1S/C19H22N6/c1-5-11(4)16-21-14-8-15-19(25-18(14)23-16)24-17(22-15)12-6-7-13(10(2)3)20-9-12/h6-11H,5H2,1-4H3,(H2,21,22,23,24,25). The van der Waals surface area contributed by atoms with Crippen molar-refractivity contribution in [3.63, 3.8) is 0 Å². The normalized spacial score (nSPS) is 13.2. The van der Waals surface area contributed by atoms with E-state index in [9.17, 15) is 0 Å². The molecule has 0 radical (unpaired) electrons. The minimum atomic E-state index is 0.390. The zero-order chi connectivity index (χ0) is 17.6. The maximum Gasteiger partial charge on any atom is 0.180 e.